The molecule has 0 aliphatic heterocycles. The van der Waals surface area contributed by atoms with E-state index in [2.05, 4.69) is 31.6 Å². The lowest BCUT2D eigenvalue weighted by Crippen LogP contribution is -2.11. The van der Waals surface area contributed by atoms with Crippen LogP contribution in [-0.4, -0.2) is 19.3 Å². The summed E-state index contributed by atoms with van der Waals surface area (Å²) in [6.07, 6.45) is 4.49. The molecule has 3 aromatic rings. The van der Waals surface area contributed by atoms with Crippen LogP contribution in [0.5, 0.6) is 0 Å². The maximum absolute atomic E-state index is 6.02. The maximum Gasteiger partial charge on any atom is 0.149 e. The van der Waals surface area contributed by atoms with Crippen molar-refractivity contribution in [1.82, 2.24) is 19.3 Å². The number of nitrogens with zero attached hydrogens (tertiary/aromatic N) is 3. The van der Waals surface area contributed by atoms with Gasteiger partial charge in [0.2, 0.25) is 0 Å². The molecule has 0 radical (unpaired) electrons. The SMILES string of the molecule is CCC(Nc1snc(N)c1-c1nc(C)cs1)c1ncc[nH]1. The molecular formula is C13H16N6S2. The van der Waals surface area contributed by atoms with Crippen molar-refractivity contribution in [1.29, 1.82) is 0 Å². The van der Waals surface area contributed by atoms with Crippen molar-refractivity contribution in [3.8, 4) is 10.6 Å². The number of H-pyrrole nitrogens is 1. The third kappa shape index (κ3) is 2.77. The number of hydrogen-bond acceptors (Lipinski definition) is 7. The highest BCUT2D eigenvalue weighted by Gasteiger charge is 2.20. The van der Waals surface area contributed by atoms with E-state index in [-0.39, 0.29) is 6.04 Å². The molecule has 0 spiro atoms. The molecule has 110 valence electrons. The monoisotopic (exact) mass is 320 g/mol. The Bertz CT molecular complexity index is 715. The highest BCUT2D eigenvalue weighted by atomic mass is 32.1. The van der Waals surface area contributed by atoms with Gasteiger partial charge >= 0.3 is 0 Å². The van der Waals surface area contributed by atoms with Crippen LogP contribution in [0.1, 0.15) is 30.9 Å². The van der Waals surface area contributed by atoms with Crippen LogP contribution in [0, 0.1) is 6.92 Å². The second kappa shape index (κ2) is 5.82. The van der Waals surface area contributed by atoms with Gasteiger partial charge < -0.3 is 16.0 Å². The maximum atomic E-state index is 6.02. The summed E-state index contributed by atoms with van der Waals surface area (Å²) in [7, 11) is 0. The third-order valence-corrected chi connectivity index (χ3v) is 4.88. The Morgan fingerprint density at radius 1 is 1.48 bits per heavy atom. The molecule has 0 aromatic carbocycles. The van der Waals surface area contributed by atoms with Crippen molar-refractivity contribution in [3.05, 3.63) is 29.3 Å². The molecule has 0 saturated heterocycles. The second-order valence-electron chi connectivity index (χ2n) is 4.65. The first-order valence-corrected chi connectivity index (χ1v) is 8.27. The number of anilines is 2. The van der Waals surface area contributed by atoms with Gasteiger partial charge in [-0.2, -0.15) is 4.37 Å². The topological polar surface area (TPSA) is 92.5 Å². The van der Waals surface area contributed by atoms with Gasteiger partial charge in [-0.3, -0.25) is 0 Å². The average molecular weight is 320 g/mol. The number of aryl methyl sites for hydroxylation is 1. The smallest absolute Gasteiger partial charge is 0.149 e. The molecule has 3 rings (SSSR count). The van der Waals surface area contributed by atoms with Crippen molar-refractivity contribution in [2.75, 3.05) is 11.1 Å². The summed E-state index contributed by atoms with van der Waals surface area (Å²) in [4.78, 5) is 12.0. The van der Waals surface area contributed by atoms with E-state index in [0.717, 1.165) is 33.5 Å². The van der Waals surface area contributed by atoms with Gasteiger partial charge in [-0.15, -0.1) is 11.3 Å². The predicted octanol–water partition coefficient (Wildman–Crippen LogP) is 3.44. The molecule has 21 heavy (non-hydrogen) atoms. The standard InChI is InChI=1S/C13H16N6S2/c1-3-8(11-15-4-5-16-11)18-13-9(10(14)19-21-13)12-17-7(2)6-20-12/h4-6,8,18H,3H2,1-2H3,(H2,14,19)(H,15,16). The van der Waals surface area contributed by atoms with E-state index in [1.54, 1.807) is 17.5 Å². The predicted molar refractivity (Wildman–Crippen MR) is 87.6 cm³/mol. The third-order valence-electron chi connectivity index (χ3n) is 3.11. The molecule has 0 saturated carbocycles. The summed E-state index contributed by atoms with van der Waals surface area (Å²) >= 11 is 2.94. The quantitative estimate of drug-likeness (QED) is 0.669. The fourth-order valence-corrected chi connectivity index (χ4v) is 3.76. The van der Waals surface area contributed by atoms with E-state index in [4.69, 9.17) is 5.73 Å². The van der Waals surface area contributed by atoms with Crippen LogP contribution in [0.2, 0.25) is 0 Å². The molecule has 8 heteroatoms. The van der Waals surface area contributed by atoms with E-state index in [1.807, 2.05) is 18.5 Å². The highest BCUT2D eigenvalue weighted by Crippen LogP contribution is 2.40. The Balaban J connectivity index is 1.93. The normalized spacial score (nSPS) is 12.5. The fraction of sp³-hybridized carbons (Fsp3) is 0.308. The average Bonchev–Trinajstić information content (AvgIpc) is 3.18. The summed E-state index contributed by atoms with van der Waals surface area (Å²) in [6.45, 7) is 4.08. The molecule has 0 bridgehead atoms. The number of rotatable bonds is 5. The Morgan fingerprint density at radius 2 is 2.33 bits per heavy atom. The van der Waals surface area contributed by atoms with Crippen LogP contribution in [0.3, 0.4) is 0 Å². The first kappa shape index (κ1) is 14.0. The van der Waals surface area contributed by atoms with Crippen molar-refractivity contribution in [2.24, 2.45) is 0 Å². The molecule has 0 fully saturated rings. The van der Waals surface area contributed by atoms with Crippen molar-refractivity contribution in [2.45, 2.75) is 26.3 Å². The first-order valence-electron chi connectivity index (χ1n) is 6.62. The highest BCUT2D eigenvalue weighted by molar-refractivity contribution is 7.15. The first-order chi connectivity index (χ1) is 10.2. The van der Waals surface area contributed by atoms with Crippen molar-refractivity contribution >= 4 is 33.7 Å². The Morgan fingerprint density at radius 3 is 2.95 bits per heavy atom. The lowest BCUT2D eigenvalue weighted by Gasteiger charge is -2.15. The Hall–Kier alpha value is -1.93. The number of nitrogens with one attached hydrogen (secondary N) is 2. The lowest BCUT2D eigenvalue weighted by molar-refractivity contribution is 0.706. The number of nitrogen functional groups attached to an aromatic ring is 1. The van der Waals surface area contributed by atoms with Gasteiger partial charge in [0.25, 0.3) is 0 Å². The van der Waals surface area contributed by atoms with E-state index >= 15 is 0 Å². The van der Waals surface area contributed by atoms with Crippen molar-refractivity contribution in [3.63, 3.8) is 0 Å². The minimum atomic E-state index is 0.0969. The molecule has 0 amide bonds. The number of aromatic nitrogens is 4. The van der Waals surface area contributed by atoms with Crippen LogP contribution in [0.15, 0.2) is 17.8 Å². The number of hydrogen-bond donors (Lipinski definition) is 3. The number of imidazole rings is 1. The molecular weight excluding hydrogens is 304 g/mol. The van der Waals surface area contributed by atoms with E-state index in [1.165, 1.54) is 11.5 Å². The molecule has 1 atom stereocenters. The van der Waals surface area contributed by atoms with Crippen LogP contribution < -0.4 is 11.1 Å². The molecule has 3 heterocycles. The fourth-order valence-electron chi connectivity index (χ4n) is 2.07. The number of aromatic amines is 1. The Labute approximate surface area is 130 Å². The number of thiazole rings is 1. The van der Waals surface area contributed by atoms with Crippen LogP contribution in [-0.2, 0) is 0 Å². The zero-order valence-electron chi connectivity index (χ0n) is 11.8. The number of nitrogens with two attached hydrogens (primary N) is 1. The summed E-state index contributed by atoms with van der Waals surface area (Å²) in [5.41, 5.74) is 7.90. The van der Waals surface area contributed by atoms with Crippen LogP contribution >= 0.6 is 22.9 Å². The molecule has 3 aromatic heterocycles. The van der Waals surface area contributed by atoms with Crippen LogP contribution in [0.25, 0.3) is 10.6 Å². The molecule has 6 nitrogen and oxygen atoms in total. The second-order valence-corrected chi connectivity index (χ2v) is 6.28. The summed E-state index contributed by atoms with van der Waals surface area (Å²) < 4.78 is 4.26. The minimum Gasteiger partial charge on any atom is -0.382 e. The molecule has 0 aliphatic rings. The van der Waals surface area contributed by atoms with Crippen molar-refractivity contribution < 1.29 is 0 Å². The zero-order chi connectivity index (χ0) is 14.8. The zero-order valence-corrected chi connectivity index (χ0v) is 13.4. The van der Waals surface area contributed by atoms with Gasteiger partial charge in [0, 0.05) is 23.5 Å². The summed E-state index contributed by atoms with van der Waals surface area (Å²) in [5.74, 6) is 1.43. The van der Waals surface area contributed by atoms with Gasteiger partial charge in [-0.05, 0) is 24.9 Å². The van der Waals surface area contributed by atoms with Gasteiger partial charge in [0.15, 0.2) is 0 Å². The molecule has 4 N–H and O–H groups in total. The van der Waals surface area contributed by atoms with Crippen LogP contribution in [0.4, 0.5) is 10.8 Å². The Kier molecular flexibility index (Phi) is 3.89. The van der Waals surface area contributed by atoms with Gasteiger partial charge in [-0.1, -0.05) is 6.92 Å². The van der Waals surface area contributed by atoms with E-state index in [9.17, 15) is 0 Å². The van der Waals surface area contributed by atoms with E-state index < -0.39 is 0 Å². The largest absolute Gasteiger partial charge is 0.382 e. The summed E-state index contributed by atoms with van der Waals surface area (Å²) in [6, 6.07) is 0.0969. The summed E-state index contributed by atoms with van der Waals surface area (Å²) in [5, 5.41) is 7.33. The molecule has 0 aliphatic carbocycles. The molecule has 1 unspecified atom stereocenters. The van der Waals surface area contributed by atoms with E-state index in [0.29, 0.717) is 5.82 Å². The minimum absolute atomic E-state index is 0.0969. The van der Waals surface area contributed by atoms with Gasteiger partial charge in [0.05, 0.1) is 11.6 Å². The van der Waals surface area contributed by atoms with Gasteiger partial charge in [-0.25, -0.2) is 9.97 Å². The van der Waals surface area contributed by atoms with Gasteiger partial charge in [0.1, 0.15) is 21.7 Å². The lowest BCUT2D eigenvalue weighted by atomic mass is 10.2.